The van der Waals surface area contributed by atoms with E-state index in [0.29, 0.717) is 5.56 Å². The summed E-state index contributed by atoms with van der Waals surface area (Å²) in [7, 11) is 0. The number of carbonyl (C=O) groups excluding carboxylic acids is 2. The van der Waals surface area contributed by atoms with Crippen molar-refractivity contribution in [3.63, 3.8) is 0 Å². The minimum atomic E-state index is -0.703. The van der Waals surface area contributed by atoms with Crippen LogP contribution in [0.4, 0.5) is 4.39 Å². The molecular weight excluding hydrogens is 289 g/mol. The van der Waals surface area contributed by atoms with E-state index in [0.717, 1.165) is 0 Å². The number of hydrogen-bond acceptors (Lipinski definition) is 5. The molecule has 0 aliphatic heterocycles. The van der Waals surface area contributed by atoms with Gasteiger partial charge in [-0.05, 0) is 29.8 Å². The fraction of sp³-hybridized carbons (Fsp3) is 0.133. The number of nitrogens with two attached hydrogens (primary N) is 1. The van der Waals surface area contributed by atoms with E-state index in [1.165, 1.54) is 24.4 Å². The Kier molecular flexibility index (Phi) is 5.16. The summed E-state index contributed by atoms with van der Waals surface area (Å²) in [6.07, 6.45) is 1.40. The highest BCUT2D eigenvalue weighted by molar-refractivity contribution is 6.05. The largest absolute Gasteiger partial charge is 0.486 e. The van der Waals surface area contributed by atoms with Gasteiger partial charge < -0.3 is 10.5 Å². The molecule has 3 N–H and O–H groups in total. The maximum absolute atomic E-state index is 13.1. The molecular formula is C15H14FN3O3. The molecule has 2 aromatic rings. The second-order valence-corrected chi connectivity index (χ2v) is 4.35. The van der Waals surface area contributed by atoms with Gasteiger partial charge in [0, 0.05) is 6.20 Å². The van der Waals surface area contributed by atoms with Gasteiger partial charge in [0.15, 0.2) is 11.4 Å². The van der Waals surface area contributed by atoms with E-state index in [9.17, 15) is 14.0 Å². The Bertz CT molecular complexity index is 691. The zero-order chi connectivity index (χ0) is 15.9. The van der Waals surface area contributed by atoms with E-state index < -0.39 is 11.8 Å². The van der Waals surface area contributed by atoms with E-state index in [1.807, 2.05) is 0 Å². The van der Waals surface area contributed by atoms with Gasteiger partial charge >= 0.3 is 0 Å². The molecule has 0 saturated carbocycles. The van der Waals surface area contributed by atoms with Gasteiger partial charge in [-0.25, -0.2) is 9.37 Å². The van der Waals surface area contributed by atoms with Gasteiger partial charge in [-0.3, -0.25) is 14.9 Å². The van der Waals surface area contributed by atoms with Crippen LogP contribution in [0.3, 0.4) is 0 Å². The van der Waals surface area contributed by atoms with Crippen molar-refractivity contribution < 1.29 is 18.7 Å². The fourth-order valence-electron chi connectivity index (χ4n) is 1.70. The lowest BCUT2D eigenvalue weighted by molar-refractivity contribution is -0.118. The Hall–Kier alpha value is -2.80. The third-order valence-corrected chi connectivity index (χ3v) is 2.71. The van der Waals surface area contributed by atoms with Crippen molar-refractivity contribution in [2.24, 2.45) is 5.73 Å². The summed E-state index contributed by atoms with van der Waals surface area (Å²) in [6, 6.07) is 9.03. The first kappa shape index (κ1) is 15.6. The van der Waals surface area contributed by atoms with Gasteiger partial charge in [-0.15, -0.1) is 0 Å². The molecule has 1 aromatic heterocycles. The molecule has 0 spiro atoms. The van der Waals surface area contributed by atoms with E-state index in [4.69, 9.17) is 10.5 Å². The number of benzene rings is 1. The Morgan fingerprint density at radius 2 is 2.09 bits per heavy atom. The third-order valence-electron chi connectivity index (χ3n) is 2.71. The van der Waals surface area contributed by atoms with Gasteiger partial charge in [0.1, 0.15) is 12.4 Å². The zero-order valence-electron chi connectivity index (χ0n) is 11.6. The lowest BCUT2D eigenvalue weighted by atomic mass is 10.2. The van der Waals surface area contributed by atoms with Crippen LogP contribution in [-0.2, 0) is 11.4 Å². The standard InChI is InChI=1S/C15H14FN3O3/c16-11-4-1-3-10(7-11)9-22-12-5-2-6-18-14(12)15(21)19-13(20)8-17/h1-7H,8-9,17H2,(H,19,20,21). The quantitative estimate of drug-likeness (QED) is 0.860. The molecule has 0 atom stereocenters. The van der Waals surface area contributed by atoms with Gasteiger partial charge in [-0.1, -0.05) is 12.1 Å². The number of rotatable bonds is 5. The van der Waals surface area contributed by atoms with Crippen LogP contribution < -0.4 is 15.8 Å². The van der Waals surface area contributed by atoms with Crippen LogP contribution in [0, 0.1) is 5.82 Å². The topological polar surface area (TPSA) is 94.3 Å². The molecule has 6 nitrogen and oxygen atoms in total. The van der Waals surface area contributed by atoms with Crippen LogP contribution in [0.1, 0.15) is 16.1 Å². The molecule has 22 heavy (non-hydrogen) atoms. The van der Waals surface area contributed by atoms with Crippen molar-refractivity contribution in [2.45, 2.75) is 6.61 Å². The van der Waals surface area contributed by atoms with Crippen LogP contribution in [-0.4, -0.2) is 23.3 Å². The second kappa shape index (κ2) is 7.28. The molecule has 2 amide bonds. The molecule has 1 heterocycles. The minimum absolute atomic E-state index is 0.0410. The normalized spacial score (nSPS) is 10.1. The van der Waals surface area contributed by atoms with Crippen LogP contribution in [0.2, 0.25) is 0 Å². The lowest BCUT2D eigenvalue weighted by Gasteiger charge is -2.10. The smallest absolute Gasteiger partial charge is 0.280 e. The molecule has 0 saturated heterocycles. The van der Waals surface area contributed by atoms with Gasteiger partial charge in [0.2, 0.25) is 5.91 Å². The number of nitrogens with zero attached hydrogens (tertiary/aromatic N) is 1. The molecule has 0 bridgehead atoms. The monoisotopic (exact) mass is 303 g/mol. The van der Waals surface area contributed by atoms with E-state index in [1.54, 1.807) is 18.2 Å². The Balaban J connectivity index is 2.11. The molecule has 0 aliphatic carbocycles. The first-order chi connectivity index (χ1) is 10.6. The molecule has 1 aromatic carbocycles. The minimum Gasteiger partial charge on any atom is -0.486 e. The Morgan fingerprint density at radius 1 is 1.27 bits per heavy atom. The van der Waals surface area contributed by atoms with Crippen LogP contribution in [0.5, 0.6) is 5.75 Å². The number of ether oxygens (including phenoxy) is 1. The third kappa shape index (κ3) is 4.10. The van der Waals surface area contributed by atoms with Crippen molar-refractivity contribution >= 4 is 11.8 Å². The van der Waals surface area contributed by atoms with Crippen LogP contribution in [0.25, 0.3) is 0 Å². The van der Waals surface area contributed by atoms with Crippen molar-refractivity contribution in [1.29, 1.82) is 0 Å². The van der Waals surface area contributed by atoms with Crippen LogP contribution in [0.15, 0.2) is 42.6 Å². The molecule has 0 unspecified atom stereocenters. The first-order valence-corrected chi connectivity index (χ1v) is 6.46. The first-order valence-electron chi connectivity index (χ1n) is 6.46. The number of hydrogen-bond donors (Lipinski definition) is 2. The van der Waals surface area contributed by atoms with E-state index in [-0.39, 0.29) is 30.4 Å². The maximum Gasteiger partial charge on any atom is 0.280 e. The molecule has 0 radical (unpaired) electrons. The Morgan fingerprint density at radius 3 is 2.82 bits per heavy atom. The number of carbonyl (C=O) groups is 2. The molecule has 0 fully saturated rings. The highest BCUT2D eigenvalue weighted by Gasteiger charge is 2.16. The summed E-state index contributed by atoms with van der Waals surface area (Å²) in [6.45, 7) is -0.243. The van der Waals surface area contributed by atoms with E-state index in [2.05, 4.69) is 10.3 Å². The Labute approximate surface area is 126 Å². The zero-order valence-corrected chi connectivity index (χ0v) is 11.6. The molecule has 0 aliphatic rings. The van der Waals surface area contributed by atoms with Crippen molar-refractivity contribution in [1.82, 2.24) is 10.3 Å². The van der Waals surface area contributed by atoms with Crippen molar-refractivity contribution in [3.05, 3.63) is 59.7 Å². The summed E-state index contributed by atoms with van der Waals surface area (Å²) >= 11 is 0. The molecule has 7 heteroatoms. The molecule has 114 valence electrons. The van der Waals surface area contributed by atoms with Crippen molar-refractivity contribution in [2.75, 3.05) is 6.54 Å². The lowest BCUT2D eigenvalue weighted by Crippen LogP contribution is -2.36. The summed E-state index contributed by atoms with van der Waals surface area (Å²) in [4.78, 5) is 27.0. The summed E-state index contributed by atoms with van der Waals surface area (Å²) in [5, 5.41) is 2.09. The summed E-state index contributed by atoms with van der Waals surface area (Å²) < 4.78 is 18.6. The van der Waals surface area contributed by atoms with Gasteiger partial charge in [0.25, 0.3) is 5.91 Å². The number of imide groups is 1. The second-order valence-electron chi connectivity index (χ2n) is 4.35. The number of amides is 2. The number of halogens is 1. The van der Waals surface area contributed by atoms with Gasteiger partial charge in [0.05, 0.1) is 6.54 Å². The number of pyridine rings is 1. The number of aromatic nitrogens is 1. The summed E-state index contributed by atoms with van der Waals surface area (Å²) in [5.74, 6) is -1.51. The number of nitrogens with one attached hydrogen (secondary N) is 1. The SMILES string of the molecule is NCC(=O)NC(=O)c1ncccc1OCc1cccc(F)c1. The highest BCUT2D eigenvalue weighted by atomic mass is 19.1. The molecule has 2 rings (SSSR count). The predicted molar refractivity (Wildman–Crippen MR) is 76.5 cm³/mol. The average Bonchev–Trinajstić information content (AvgIpc) is 2.53. The van der Waals surface area contributed by atoms with Gasteiger partial charge in [-0.2, -0.15) is 0 Å². The predicted octanol–water partition coefficient (Wildman–Crippen LogP) is 1.01. The summed E-state index contributed by atoms with van der Waals surface area (Å²) in [5.41, 5.74) is 5.70. The highest BCUT2D eigenvalue weighted by Crippen LogP contribution is 2.17. The fourth-order valence-corrected chi connectivity index (χ4v) is 1.70. The maximum atomic E-state index is 13.1. The van der Waals surface area contributed by atoms with E-state index >= 15 is 0 Å². The van der Waals surface area contributed by atoms with Crippen LogP contribution >= 0.6 is 0 Å². The average molecular weight is 303 g/mol. The van der Waals surface area contributed by atoms with Crippen molar-refractivity contribution in [3.8, 4) is 5.75 Å².